The van der Waals surface area contributed by atoms with Crippen LogP contribution >= 0.6 is 0 Å². The average molecular weight is 317 g/mol. The summed E-state index contributed by atoms with van der Waals surface area (Å²) >= 11 is 0. The summed E-state index contributed by atoms with van der Waals surface area (Å²) in [7, 11) is 0. The van der Waals surface area contributed by atoms with E-state index in [9.17, 15) is 9.90 Å². The van der Waals surface area contributed by atoms with Gasteiger partial charge in [-0.1, -0.05) is 51.5 Å². The van der Waals surface area contributed by atoms with Crippen LogP contribution in [0.1, 0.15) is 51.2 Å². The Morgan fingerprint density at radius 1 is 1.26 bits per heavy atom. The molecule has 1 aromatic rings. The monoisotopic (exact) mass is 317 g/mol. The van der Waals surface area contributed by atoms with E-state index in [0.29, 0.717) is 24.3 Å². The topological polar surface area (TPSA) is 49.3 Å². The fourth-order valence-corrected chi connectivity index (χ4v) is 3.91. The number of aliphatic hydroxyl groups is 1. The van der Waals surface area contributed by atoms with Crippen LogP contribution in [0.2, 0.25) is 0 Å². The van der Waals surface area contributed by atoms with Gasteiger partial charge in [0.25, 0.3) is 0 Å². The number of rotatable bonds is 6. The van der Waals surface area contributed by atoms with Crippen LogP contribution in [0.25, 0.3) is 0 Å². The zero-order valence-corrected chi connectivity index (χ0v) is 14.7. The maximum absolute atomic E-state index is 12.6. The van der Waals surface area contributed by atoms with Crippen molar-refractivity contribution in [3.63, 3.8) is 0 Å². The largest absolute Gasteiger partial charge is 0.392 e. The standard InChI is InChI=1S/C20H31NO2/c1-14(2)18-9-8-15(3)12-19(18)20(23)21-11-10-16-6-4-5-7-17(16)13-22/h4-7,14-15,18-19,22H,8-13H2,1-3H3,(H,21,23)/t15-,18+,19-/m1/s1. The molecule has 1 aliphatic carbocycles. The second-order valence-electron chi connectivity index (χ2n) is 7.40. The maximum Gasteiger partial charge on any atom is 0.223 e. The molecule has 2 N–H and O–H groups in total. The summed E-state index contributed by atoms with van der Waals surface area (Å²) in [6.07, 6.45) is 4.21. The zero-order valence-electron chi connectivity index (χ0n) is 14.7. The number of hydrogen-bond donors (Lipinski definition) is 2. The molecule has 1 amide bonds. The summed E-state index contributed by atoms with van der Waals surface area (Å²) in [5.41, 5.74) is 2.07. The molecule has 1 fully saturated rings. The lowest BCUT2D eigenvalue weighted by atomic mass is 9.70. The normalized spacial score (nSPS) is 24.7. The predicted octanol–water partition coefficient (Wildman–Crippen LogP) is 3.55. The Labute approximate surface area is 140 Å². The van der Waals surface area contributed by atoms with Crippen LogP contribution in [-0.4, -0.2) is 17.6 Å². The van der Waals surface area contributed by atoms with Crippen LogP contribution in [0.5, 0.6) is 0 Å². The SMILES string of the molecule is CC(C)[C@@H]1CC[C@@H](C)C[C@H]1C(=O)NCCc1ccccc1CO. The van der Waals surface area contributed by atoms with Crippen LogP contribution in [-0.2, 0) is 17.8 Å². The zero-order chi connectivity index (χ0) is 16.8. The molecular weight excluding hydrogens is 286 g/mol. The van der Waals surface area contributed by atoms with Gasteiger partial charge in [0.2, 0.25) is 5.91 Å². The van der Waals surface area contributed by atoms with E-state index >= 15 is 0 Å². The van der Waals surface area contributed by atoms with E-state index in [1.807, 2.05) is 24.3 Å². The molecule has 3 atom stereocenters. The highest BCUT2D eigenvalue weighted by atomic mass is 16.3. The number of amides is 1. The Kier molecular flexibility index (Phi) is 6.64. The molecule has 128 valence electrons. The highest BCUT2D eigenvalue weighted by molar-refractivity contribution is 5.79. The van der Waals surface area contributed by atoms with Crippen molar-refractivity contribution < 1.29 is 9.90 Å². The molecule has 0 aromatic heterocycles. The molecule has 2 rings (SSSR count). The molecule has 0 bridgehead atoms. The number of benzene rings is 1. The van der Waals surface area contributed by atoms with E-state index in [1.54, 1.807) is 0 Å². The predicted molar refractivity (Wildman–Crippen MR) is 93.9 cm³/mol. The van der Waals surface area contributed by atoms with Crippen LogP contribution in [0.3, 0.4) is 0 Å². The Hall–Kier alpha value is -1.35. The van der Waals surface area contributed by atoms with Gasteiger partial charge in [-0.05, 0) is 48.1 Å². The van der Waals surface area contributed by atoms with E-state index < -0.39 is 0 Å². The second kappa shape index (κ2) is 8.49. The molecule has 0 heterocycles. The van der Waals surface area contributed by atoms with Gasteiger partial charge in [-0.15, -0.1) is 0 Å². The Morgan fingerprint density at radius 3 is 2.61 bits per heavy atom. The van der Waals surface area contributed by atoms with Gasteiger partial charge < -0.3 is 10.4 Å². The number of carbonyl (C=O) groups excluding carboxylic acids is 1. The Balaban J connectivity index is 1.90. The molecule has 0 spiro atoms. The first-order valence-electron chi connectivity index (χ1n) is 8.98. The third kappa shape index (κ3) is 4.81. The van der Waals surface area contributed by atoms with Crippen molar-refractivity contribution in [1.29, 1.82) is 0 Å². The summed E-state index contributed by atoms with van der Waals surface area (Å²) < 4.78 is 0. The molecule has 0 aliphatic heterocycles. The first-order valence-corrected chi connectivity index (χ1v) is 8.98. The third-order valence-electron chi connectivity index (χ3n) is 5.34. The maximum atomic E-state index is 12.6. The molecular formula is C20H31NO2. The Bertz CT molecular complexity index is 512. The molecule has 1 aliphatic rings. The summed E-state index contributed by atoms with van der Waals surface area (Å²) in [5, 5.41) is 12.5. The number of aliphatic hydroxyl groups excluding tert-OH is 1. The molecule has 1 saturated carbocycles. The van der Waals surface area contributed by atoms with Gasteiger partial charge >= 0.3 is 0 Å². The van der Waals surface area contributed by atoms with E-state index in [0.717, 1.165) is 24.0 Å². The van der Waals surface area contributed by atoms with E-state index in [1.165, 1.54) is 12.8 Å². The summed E-state index contributed by atoms with van der Waals surface area (Å²) in [6, 6.07) is 7.88. The van der Waals surface area contributed by atoms with E-state index in [4.69, 9.17) is 0 Å². The van der Waals surface area contributed by atoms with E-state index in [2.05, 4.69) is 26.1 Å². The molecule has 3 nitrogen and oxygen atoms in total. The van der Waals surface area contributed by atoms with Crippen LogP contribution < -0.4 is 5.32 Å². The molecule has 0 saturated heterocycles. The average Bonchev–Trinajstić information content (AvgIpc) is 2.54. The van der Waals surface area contributed by atoms with Crippen LogP contribution in [0, 0.1) is 23.7 Å². The molecule has 0 unspecified atom stereocenters. The lowest BCUT2D eigenvalue weighted by molar-refractivity contribution is -0.129. The molecule has 1 aromatic carbocycles. The smallest absolute Gasteiger partial charge is 0.223 e. The fourth-order valence-electron chi connectivity index (χ4n) is 3.91. The number of hydrogen-bond acceptors (Lipinski definition) is 2. The lowest BCUT2D eigenvalue weighted by Crippen LogP contribution is -2.40. The minimum Gasteiger partial charge on any atom is -0.392 e. The van der Waals surface area contributed by atoms with Crippen molar-refractivity contribution >= 4 is 5.91 Å². The lowest BCUT2D eigenvalue weighted by Gasteiger charge is -2.36. The van der Waals surface area contributed by atoms with Gasteiger partial charge in [0, 0.05) is 12.5 Å². The minimum absolute atomic E-state index is 0.0552. The first kappa shape index (κ1) is 18.0. The highest BCUT2D eigenvalue weighted by Gasteiger charge is 2.35. The summed E-state index contributed by atoms with van der Waals surface area (Å²) in [6.45, 7) is 7.43. The minimum atomic E-state index is 0.0552. The van der Waals surface area contributed by atoms with Gasteiger partial charge in [0.1, 0.15) is 0 Å². The van der Waals surface area contributed by atoms with Gasteiger partial charge in [-0.2, -0.15) is 0 Å². The van der Waals surface area contributed by atoms with Crippen molar-refractivity contribution in [3.8, 4) is 0 Å². The quantitative estimate of drug-likeness (QED) is 0.843. The van der Waals surface area contributed by atoms with Gasteiger partial charge in [0.15, 0.2) is 0 Å². The first-order chi connectivity index (χ1) is 11.0. The summed E-state index contributed by atoms with van der Waals surface area (Å²) in [5.74, 6) is 2.10. The van der Waals surface area contributed by atoms with Crippen molar-refractivity contribution in [1.82, 2.24) is 5.32 Å². The highest BCUT2D eigenvalue weighted by Crippen LogP contribution is 2.38. The summed E-state index contributed by atoms with van der Waals surface area (Å²) in [4.78, 5) is 12.6. The van der Waals surface area contributed by atoms with Gasteiger partial charge in [-0.3, -0.25) is 4.79 Å². The second-order valence-corrected chi connectivity index (χ2v) is 7.40. The van der Waals surface area contributed by atoms with Gasteiger partial charge in [0.05, 0.1) is 6.61 Å². The third-order valence-corrected chi connectivity index (χ3v) is 5.34. The Morgan fingerprint density at radius 2 is 1.96 bits per heavy atom. The molecule has 3 heteroatoms. The fraction of sp³-hybridized carbons (Fsp3) is 0.650. The molecule has 0 radical (unpaired) electrons. The van der Waals surface area contributed by atoms with Crippen LogP contribution in [0.15, 0.2) is 24.3 Å². The van der Waals surface area contributed by atoms with Gasteiger partial charge in [-0.25, -0.2) is 0 Å². The van der Waals surface area contributed by atoms with Crippen LogP contribution in [0.4, 0.5) is 0 Å². The van der Waals surface area contributed by atoms with Crippen molar-refractivity contribution in [3.05, 3.63) is 35.4 Å². The van der Waals surface area contributed by atoms with Crippen molar-refractivity contribution in [2.45, 2.75) is 53.1 Å². The van der Waals surface area contributed by atoms with Crippen molar-refractivity contribution in [2.24, 2.45) is 23.7 Å². The molecule has 23 heavy (non-hydrogen) atoms. The number of nitrogens with one attached hydrogen (secondary N) is 1. The van der Waals surface area contributed by atoms with Crippen molar-refractivity contribution in [2.75, 3.05) is 6.54 Å². The number of carbonyl (C=O) groups is 1. The van der Waals surface area contributed by atoms with E-state index in [-0.39, 0.29) is 18.4 Å².